The van der Waals surface area contributed by atoms with Gasteiger partial charge in [-0.2, -0.15) is 0 Å². The molecule has 1 aliphatic heterocycles. The van der Waals surface area contributed by atoms with Crippen molar-refractivity contribution in [2.75, 3.05) is 13.2 Å². The molecular formula is C12H15NO2. The maximum absolute atomic E-state index is 11.7. The first-order valence-electron chi connectivity index (χ1n) is 5.26. The number of hydrogen-bond acceptors (Lipinski definition) is 2. The Kier molecular flexibility index (Phi) is 3.02. The van der Waals surface area contributed by atoms with Crippen molar-refractivity contribution in [2.24, 2.45) is 5.92 Å². The van der Waals surface area contributed by atoms with E-state index in [0.29, 0.717) is 13.0 Å². The summed E-state index contributed by atoms with van der Waals surface area (Å²) in [7, 11) is 0. The second-order valence-corrected chi connectivity index (χ2v) is 3.91. The molecule has 1 saturated heterocycles. The molecule has 0 radical (unpaired) electrons. The lowest BCUT2D eigenvalue weighted by molar-refractivity contribution is -0.120. The van der Waals surface area contributed by atoms with Crippen LogP contribution in [0.3, 0.4) is 0 Å². The van der Waals surface area contributed by atoms with E-state index in [2.05, 4.69) is 5.32 Å². The minimum absolute atomic E-state index is 0.0830. The quantitative estimate of drug-likeness (QED) is 0.770. The average molecular weight is 205 g/mol. The van der Waals surface area contributed by atoms with Crippen LogP contribution in [0.1, 0.15) is 17.9 Å². The van der Waals surface area contributed by atoms with Gasteiger partial charge in [0, 0.05) is 13.2 Å². The van der Waals surface area contributed by atoms with Crippen molar-refractivity contribution >= 4 is 5.91 Å². The molecule has 2 N–H and O–H groups in total. The van der Waals surface area contributed by atoms with E-state index in [1.807, 2.05) is 30.3 Å². The summed E-state index contributed by atoms with van der Waals surface area (Å²) in [5, 5.41) is 11.8. The van der Waals surface area contributed by atoms with Gasteiger partial charge in [0.15, 0.2) is 0 Å². The van der Waals surface area contributed by atoms with Crippen LogP contribution >= 0.6 is 0 Å². The summed E-state index contributed by atoms with van der Waals surface area (Å²) in [6, 6.07) is 9.77. The van der Waals surface area contributed by atoms with Crippen molar-refractivity contribution < 1.29 is 9.90 Å². The van der Waals surface area contributed by atoms with Crippen molar-refractivity contribution in [3.63, 3.8) is 0 Å². The lowest BCUT2D eigenvalue weighted by Crippen LogP contribution is -2.18. The molecule has 1 amide bonds. The Morgan fingerprint density at radius 2 is 2.07 bits per heavy atom. The normalized spacial score (nSPS) is 25.3. The summed E-state index contributed by atoms with van der Waals surface area (Å²) in [4.78, 5) is 11.7. The third-order valence-corrected chi connectivity index (χ3v) is 2.95. The molecule has 2 rings (SSSR count). The number of carbonyl (C=O) groups is 1. The number of nitrogens with one attached hydrogen (secondary N) is 1. The van der Waals surface area contributed by atoms with Gasteiger partial charge >= 0.3 is 0 Å². The van der Waals surface area contributed by atoms with Crippen LogP contribution in [0.5, 0.6) is 0 Å². The zero-order valence-electron chi connectivity index (χ0n) is 8.52. The van der Waals surface area contributed by atoms with Gasteiger partial charge in [-0.15, -0.1) is 0 Å². The lowest BCUT2D eigenvalue weighted by Gasteiger charge is -2.15. The van der Waals surface area contributed by atoms with Crippen LogP contribution < -0.4 is 5.32 Å². The number of benzene rings is 1. The van der Waals surface area contributed by atoms with Crippen molar-refractivity contribution in [1.29, 1.82) is 0 Å². The molecule has 0 aromatic heterocycles. The van der Waals surface area contributed by atoms with E-state index in [9.17, 15) is 4.79 Å². The fourth-order valence-electron chi connectivity index (χ4n) is 2.19. The number of carbonyl (C=O) groups excluding carboxylic acids is 1. The van der Waals surface area contributed by atoms with E-state index in [4.69, 9.17) is 5.11 Å². The monoisotopic (exact) mass is 205 g/mol. The zero-order valence-corrected chi connectivity index (χ0v) is 8.52. The first kappa shape index (κ1) is 10.2. The zero-order chi connectivity index (χ0) is 10.7. The van der Waals surface area contributed by atoms with E-state index in [1.54, 1.807) is 0 Å². The number of hydrogen-bond donors (Lipinski definition) is 2. The predicted octanol–water partition coefficient (Wildman–Crippen LogP) is 0.899. The highest BCUT2D eigenvalue weighted by atomic mass is 16.3. The second-order valence-electron chi connectivity index (χ2n) is 3.91. The van der Waals surface area contributed by atoms with Gasteiger partial charge < -0.3 is 10.4 Å². The lowest BCUT2D eigenvalue weighted by atomic mass is 9.86. The van der Waals surface area contributed by atoms with E-state index in [1.165, 1.54) is 0 Å². The van der Waals surface area contributed by atoms with Crippen LogP contribution in [0.25, 0.3) is 0 Å². The Labute approximate surface area is 89.1 Å². The van der Waals surface area contributed by atoms with Crippen LogP contribution in [-0.4, -0.2) is 24.2 Å². The highest BCUT2D eigenvalue weighted by Crippen LogP contribution is 2.30. The average Bonchev–Trinajstić information content (AvgIpc) is 2.62. The fraction of sp³-hybridized carbons (Fsp3) is 0.417. The molecule has 0 unspecified atom stereocenters. The van der Waals surface area contributed by atoms with Crippen molar-refractivity contribution in [3.05, 3.63) is 35.9 Å². The molecule has 0 bridgehead atoms. The fourth-order valence-corrected chi connectivity index (χ4v) is 2.19. The summed E-state index contributed by atoms with van der Waals surface area (Å²) in [6.07, 6.45) is 0.679. The molecule has 1 fully saturated rings. The van der Waals surface area contributed by atoms with Gasteiger partial charge in [-0.05, 0) is 17.9 Å². The summed E-state index contributed by atoms with van der Waals surface area (Å²) in [5.41, 5.74) is 1.05. The largest absolute Gasteiger partial charge is 0.396 e. The molecule has 3 heteroatoms. The molecule has 0 spiro atoms. The molecule has 80 valence electrons. The topological polar surface area (TPSA) is 49.3 Å². The second kappa shape index (κ2) is 4.45. The van der Waals surface area contributed by atoms with Gasteiger partial charge in [0.2, 0.25) is 5.91 Å². The first-order chi connectivity index (χ1) is 7.33. The highest BCUT2D eigenvalue weighted by Gasteiger charge is 2.34. The number of amides is 1. The minimum Gasteiger partial charge on any atom is -0.396 e. The SMILES string of the molecule is O=C1NC[C@H](CCO)[C@H]1c1ccccc1. The van der Waals surface area contributed by atoms with Crippen molar-refractivity contribution in [2.45, 2.75) is 12.3 Å². The standard InChI is InChI=1S/C12H15NO2/c14-7-6-10-8-13-12(15)11(10)9-4-2-1-3-5-9/h1-5,10-11,14H,6-8H2,(H,13,15)/t10-,11+/m0/s1. The molecular weight excluding hydrogens is 190 g/mol. The van der Waals surface area contributed by atoms with Gasteiger partial charge in [-0.3, -0.25) is 4.79 Å². The third-order valence-electron chi connectivity index (χ3n) is 2.95. The van der Waals surface area contributed by atoms with Gasteiger partial charge in [0.1, 0.15) is 0 Å². The van der Waals surface area contributed by atoms with Crippen LogP contribution in [0, 0.1) is 5.92 Å². The Hall–Kier alpha value is -1.35. The molecule has 2 atom stereocenters. The van der Waals surface area contributed by atoms with Crippen LogP contribution in [0.2, 0.25) is 0 Å². The summed E-state index contributed by atoms with van der Waals surface area (Å²) in [6.45, 7) is 0.821. The Morgan fingerprint density at radius 3 is 2.73 bits per heavy atom. The van der Waals surface area contributed by atoms with Crippen molar-refractivity contribution in [1.82, 2.24) is 5.32 Å². The van der Waals surface area contributed by atoms with Gasteiger partial charge in [0.05, 0.1) is 5.92 Å². The van der Waals surface area contributed by atoms with E-state index < -0.39 is 0 Å². The smallest absolute Gasteiger partial charge is 0.227 e. The molecule has 3 nitrogen and oxygen atoms in total. The summed E-state index contributed by atoms with van der Waals surface area (Å²) >= 11 is 0. The Morgan fingerprint density at radius 1 is 1.33 bits per heavy atom. The molecule has 1 aromatic carbocycles. The first-order valence-corrected chi connectivity index (χ1v) is 5.26. The number of aliphatic hydroxyl groups is 1. The molecule has 0 aliphatic carbocycles. The molecule has 1 aliphatic rings. The van der Waals surface area contributed by atoms with Gasteiger partial charge in [-0.25, -0.2) is 0 Å². The Bertz CT molecular complexity index is 337. The maximum atomic E-state index is 11.7. The number of rotatable bonds is 3. The van der Waals surface area contributed by atoms with Crippen molar-refractivity contribution in [3.8, 4) is 0 Å². The Balaban J connectivity index is 2.21. The third kappa shape index (κ3) is 2.02. The van der Waals surface area contributed by atoms with Gasteiger partial charge in [0.25, 0.3) is 0 Å². The summed E-state index contributed by atoms with van der Waals surface area (Å²) < 4.78 is 0. The minimum atomic E-state index is -0.0849. The summed E-state index contributed by atoms with van der Waals surface area (Å²) in [5.74, 6) is 0.225. The van der Waals surface area contributed by atoms with E-state index in [0.717, 1.165) is 5.56 Å². The molecule has 0 saturated carbocycles. The molecule has 15 heavy (non-hydrogen) atoms. The predicted molar refractivity (Wildman–Crippen MR) is 57.4 cm³/mol. The van der Waals surface area contributed by atoms with Crippen LogP contribution in [-0.2, 0) is 4.79 Å². The number of aliphatic hydroxyl groups excluding tert-OH is 1. The maximum Gasteiger partial charge on any atom is 0.227 e. The van der Waals surface area contributed by atoms with Crippen LogP contribution in [0.15, 0.2) is 30.3 Å². The highest BCUT2D eigenvalue weighted by molar-refractivity contribution is 5.86. The molecule has 1 aromatic rings. The molecule has 1 heterocycles. The van der Waals surface area contributed by atoms with Gasteiger partial charge in [-0.1, -0.05) is 30.3 Å². The van der Waals surface area contributed by atoms with E-state index >= 15 is 0 Å². The van der Waals surface area contributed by atoms with E-state index in [-0.39, 0.29) is 24.3 Å². The van der Waals surface area contributed by atoms with Crippen LogP contribution in [0.4, 0.5) is 0 Å².